The first-order valence-corrected chi connectivity index (χ1v) is 5.26. The highest BCUT2D eigenvalue weighted by atomic mass is 35.5. The summed E-state index contributed by atoms with van der Waals surface area (Å²) in [6, 6.07) is 0.391. The summed E-state index contributed by atoms with van der Waals surface area (Å²) in [4.78, 5) is 10.1. The van der Waals surface area contributed by atoms with Crippen molar-refractivity contribution in [2.75, 3.05) is 31.2 Å². The van der Waals surface area contributed by atoms with Crippen LogP contribution in [0.4, 0.5) is 11.8 Å². The van der Waals surface area contributed by atoms with E-state index in [0.717, 1.165) is 19.5 Å². The lowest BCUT2D eigenvalue weighted by molar-refractivity contribution is 0.414. The maximum atomic E-state index is 5.95. The van der Waals surface area contributed by atoms with Gasteiger partial charge in [0.2, 0.25) is 5.95 Å². The third-order valence-electron chi connectivity index (χ3n) is 2.49. The molecule has 2 rings (SSSR count). The average molecular weight is 228 g/mol. The van der Waals surface area contributed by atoms with E-state index < -0.39 is 0 Å². The monoisotopic (exact) mass is 227 g/mol. The molecule has 0 saturated carbocycles. The van der Waals surface area contributed by atoms with Crippen molar-refractivity contribution in [1.82, 2.24) is 14.9 Å². The van der Waals surface area contributed by atoms with E-state index in [1.165, 1.54) is 6.20 Å². The molecule has 5 nitrogen and oxygen atoms in total. The number of likely N-dealkylation sites (tertiary alicyclic amines) is 1. The van der Waals surface area contributed by atoms with Crippen LogP contribution < -0.4 is 11.1 Å². The molecular weight excluding hydrogens is 214 g/mol. The standard InChI is InChI=1S/C9H14ClN5/c1-15-3-2-6(5-15)13-8-7(10)4-12-9(11)14-8/h4,6H,2-3,5H2,1H3,(H3,11,12,13,14). The van der Waals surface area contributed by atoms with Gasteiger partial charge in [0, 0.05) is 12.6 Å². The Hall–Kier alpha value is -1.07. The van der Waals surface area contributed by atoms with Gasteiger partial charge in [-0.3, -0.25) is 0 Å². The third kappa shape index (κ3) is 2.49. The third-order valence-corrected chi connectivity index (χ3v) is 2.77. The zero-order valence-corrected chi connectivity index (χ0v) is 9.33. The van der Waals surface area contributed by atoms with E-state index in [1.54, 1.807) is 0 Å². The van der Waals surface area contributed by atoms with Gasteiger partial charge in [0.05, 0.1) is 6.20 Å². The topological polar surface area (TPSA) is 67.1 Å². The molecule has 82 valence electrons. The molecule has 1 aromatic rings. The van der Waals surface area contributed by atoms with E-state index in [-0.39, 0.29) is 5.95 Å². The van der Waals surface area contributed by atoms with E-state index >= 15 is 0 Å². The lowest BCUT2D eigenvalue weighted by Crippen LogP contribution is -2.24. The molecule has 0 radical (unpaired) electrons. The molecule has 1 saturated heterocycles. The number of rotatable bonds is 2. The molecule has 1 aliphatic rings. The summed E-state index contributed by atoms with van der Waals surface area (Å²) in [7, 11) is 2.09. The van der Waals surface area contributed by atoms with E-state index in [1.807, 2.05) is 0 Å². The Morgan fingerprint density at radius 2 is 2.47 bits per heavy atom. The highest BCUT2D eigenvalue weighted by Gasteiger charge is 2.20. The first-order valence-electron chi connectivity index (χ1n) is 4.88. The minimum Gasteiger partial charge on any atom is -0.368 e. The summed E-state index contributed by atoms with van der Waals surface area (Å²) in [6.45, 7) is 2.09. The highest BCUT2D eigenvalue weighted by molar-refractivity contribution is 6.32. The summed E-state index contributed by atoms with van der Waals surface area (Å²) in [5.41, 5.74) is 5.50. The smallest absolute Gasteiger partial charge is 0.222 e. The van der Waals surface area contributed by atoms with Crippen LogP contribution in [0.2, 0.25) is 5.02 Å². The van der Waals surface area contributed by atoms with Crippen molar-refractivity contribution in [3.8, 4) is 0 Å². The SMILES string of the molecule is CN1CCC(Nc2nc(N)ncc2Cl)C1. The van der Waals surface area contributed by atoms with Crippen LogP contribution in [0.15, 0.2) is 6.20 Å². The fourth-order valence-corrected chi connectivity index (χ4v) is 1.87. The van der Waals surface area contributed by atoms with E-state index in [2.05, 4.69) is 27.2 Å². The number of halogens is 1. The molecule has 6 heteroatoms. The molecule has 0 aromatic carbocycles. The molecule has 2 heterocycles. The van der Waals surface area contributed by atoms with Crippen molar-refractivity contribution in [1.29, 1.82) is 0 Å². The van der Waals surface area contributed by atoms with Crippen molar-refractivity contribution in [3.63, 3.8) is 0 Å². The van der Waals surface area contributed by atoms with Gasteiger partial charge in [-0.1, -0.05) is 11.6 Å². The summed E-state index contributed by atoms with van der Waals surface area (Å²) in [5.74, 6) is 0.873. The van der Waals surface area contributed by atoms with E-state index in [4.69, 9.17) is 17.3 Å². The molecule has 0 bridgehead atoms. The van der Waals surface area contributed by atoms with Crippen molar-refractivity contribution in [2.24, 2.45) is 0 Å². The van der Waals surface area contributed by atoms with Gasteiger partial charge in [0.15, 0.2) is 5.82 Å². The van der Waals surface area contributed by atoms with E-state index in [0.29, 0.717) is 16.9 Å². The molecule has 0 spiro atoms. The van der Waals surface area contributed by atoms with Gasteiger partial charge in [-0.25, -0.2) is 4.98 Å². The number of nitrogens with zero attached hydrogens (tertiary/aromatic N) is 3. The molecule has 15 heavy (non-hydrogen) atoms. The van der Waals surface area contributed by atoms with Crippen LogP contribution in [-0.4, -0.2) is 41.0 Å². The van der Waals surface area contributed by atoms with E-state index in [9.17, 15) is 0 Å². The average Bonchev–Trinajstić information content (AvgIpc) is 2.58. The van der Waals surface area contributed by atoms with Gasteiger partial charge in [0.25, 0.3) is 0 Å². The van der Waals surface area contributed by atoms with Gasteiger partial charge in [-0.15, -0.1) is 0 Å². The minimum absolute atomic E-state index is 0.244. The predicted molar refractivity (Wildman–Crippen MR) is 61.0 cm³/mol. The van der Waals surface area contributed by atoms with Crippen LogP contribution in [0.25, 0.3) is 0 Å². The number of nitrogen functional groups attached to an aromatic ring is 1. The molecule has 3 N–H and O–H groups in total. The number of aromatic nitrogens is 2. The molecule has 1 unspecified atom stereocenters. The van der Waals surface area contributed by atoms with Crippen LogP contribution in [-0.2, 0) is 0 Å². The lowest BCUT2D eigenvalue weighted by atomic mass is 10.2. The largest absolute Gasteiger partial charge is 0.368 e. The quantitative estimate of drug-likeness (QED) is 0.784. The van der Waals surface area contributed by atoms with Crippen molar-refractivity contribution < 1.29 is 0 Å². The number of nitrogens with one attached hydrogen (secondary N) is 1. The molecule has 0 amide bonds. The first-order chi connectivity index (χ1) is 7.15. The van der Waals surface area contributed by atoms with Crippen molar-refractivity contribution in [2.45, 2.75) is 12.5 Å². The second kappa shape index (κ2) is 4.20. The molecule has 1 atom stereocenters. The van der Waals surface area contributed by atoms with Gasteiger partial charge < -0.3 is 16.0 Å². The Balaban J connectivity index is 2.07. The molecular formula is C9H14ClN5. The van der Waals surface area contributed by atoms with Gasteiger partial charge in [-0.2, -0.15) is 4.98 Å². The molecule has 1 aliphatic heterocycles. The molecule has 0 aliphatic carbocycles. The first kappa shape index (κ1) is 10.4. The van der Waals surface area contributed by atoms with Crippen molar-refractivity contribution >= 4 is 23.4 Å². The number of anilines is 2. The number of nitrogens with two attached hydrogens (primary N) is 1. The number of hydrogen-bond acceptors (Lipinski definition) is 5. The molecule has 1 aromatic heterocycles. The predicted octanol–water partition coefficient (Wildman–Crippen LogP) is 0.828. The summed E-state index contributed by atoms with van der Waals surface area (Å²) >= 11 is 5.95. The Morgan fingerprint density at radius 3 is 3.13 bits per heavy atom. The maximum absolute atomic E-state index is 5.95. The van der Waals surface area contributed by atoms with Gasteiger partial charge >= 0.3 is 0 Å². The molecule has 1 fully saturated rings. The van der Waals surface area contributed by atoms with Gasteiger partial charge in [-0.05, 0) is 20.0 Å². The number of likely N-dealkylation sites (N-methyl/N-ethyl adjacent to an activating group) is 1. The summed E-state index contributed by atoms with van der Waals surface area (Å²) in [5, 5.41) is 3.79. The fourth-order valence-electron chi connectivity index (χ4n) is 1.73. The number of hydrogen-bond donors (Lipinski definition) is 2. The Kier molecular flexibility index (Phi) is 2.93. The van der Waals surface area contributed by atoms with Gasteiger partial charge in [0.1, 0.15) is 5.02 Å². The normalized spacial score (nSPS) is 21.9. The van der Waals surface area contributed by atoms with Crippen LogP contribution in [0, 0.1) is 0 Å². The Labute approximate surface area is 93.6 Å². The van der Waals surface area contributed by atoms with Crippen LogP contribution in [0.3, 0.4) is 0 Å². The zero-order valence-electron chi connectivity index (χ0n) is 8.57. The minimum atomic E-state index is 0.244. The summed E-state index contributed by atoms with van der Waals surface area (Å²) in [6.07, 6.45) is 2.61. The summed E-state index contributed by atoms with van der Waals surface area (Å²) < 4.78 is 0. The van der Waals surface area contributed by atoms with Crippen LogP contribution >= 0.6 is 11.6 Å². The Morgan fingerprint density at radius 1 is 1.67 bits per heavy atom. The lowest BCUT2D eigenvalue weighted by Gasteiger charge is -2.14. The highest BCUT2D eigenvalue weighted by Crippen LogP contribution is 2.21. The van der Waals surface area contributed by atoms with Crippen LogP contribution in [0.5, 0.6) is 0 Å². The zero-order chi connectivity index (χ0) is 10.8. The second-order valence-corrected chi connectivity index (χ2v) is 4.22. The second-order valence-electron chi connectivity index (χ2n) is 3.82. The van der Waals surface area contributed by atoms with Crippen molar-refractivity contribution in [3.05, 3.63) is 11.2 Å². The maximum Gasteiger partial charge on any atom is 0.222 e. The fraction of sp³-hybridized carbons (Fsp3) is 0.556. The van der Waals surface area contributed by atoms with Crippen LogP contribution in [0.1, 0.15) is 6.42 Å². The Bertz CT molecular complexity index is 356.